The Morgan fingerprint density at radius 2 is 1.82 bits per heavy atom. The average Bonchev–Trinajstić information content (AvgIpc) is 2.50. The van der Waals surface area contributed by atoms with E-state index >= 15 is 0 Å². The molecule has 1 aliphatic heterocycles. The number of nitrogens with one attached hydrogen (secondary N) is 2. The Morgan fingerprint density at radius 3 is 2.50 bits per heavy atom. The molecule has 2 rings (SSSR count). The molecule has 1 saturated heterocycles. The van der Waals surface area contributed by atoms with Crippen LogP contribution in [-0.2, 0) is 0 Å². The van der Waals surface area contributed by atoms with Crippen LogP contribution in [-0.4, -0.2) is 68.8 Å². The van der Waals surface area contributed by atoms with Crippen LogP contribution in [0.4, 0.5) is 0 Å². The molecular formula is C17H30N2O3+2. The van der Waals surface area contributed by atoms with Crippen LogP contribution in [0.2, 0.25) is 0 Å². The lowest BCUT2D eigenvalue weighted by atomic mass is 10.1. The molecule has 22 heavy (non-hydrogen) atoms. The number of hydrogen-bond donors (Lipinski definition) is 4. The van der Waals surface area contributed by atoms with Gasteiger partial charge in [-0.15, -0.1) is 0 Å². The molecule has 0 aliphatic carbocycles. The zero-order valence-electron chi connectivity index (χ0n) is 13.8. The highest BCUT2D eigenvalue weighted by molar-refractivity contribution is 5.35. The SMILES string of the molecule is Cc1ccc(C)c(OC[C@H](O)C[NH+]2CC[NH+](CCO)CC2)c1. The standard InChI is InChI=1S/C17H28N2O3/c1-14-3-4-15(2)17(11-14)22-13-16(21)12-19-7-5-18(6-8-19)9-10-20/h3-4,11,16,20-21H,5-10,12-13H2,1-2H3/p+2/t16-/m1/s1. The Kier molecular flexibility index (Phi) is 6.64. The predicted molar refractivity (Wildman–Crippen MR) is 85.6 cm³/mol. The Morgan fingerprint density at radius 1 is 1.14 bits per heavy atom. The Balaban J connectivity index is 1.72. The molecule has 1 aliphatic rings. The fourth-order valence-electron chi connectivity index (χ4n) is 3.01. The smallest absolute Gasteiger partial charge is 0.137 e. The van der Waals surface area contributed by atoms with Crippen molar-refractivity contribution in [2.75, 3.05) is 52.5 Å². The number of ether oxygens (including phenoxy) is 1. The first-order valence-corrected chi connectivity index (χ1v) is 8.24. The van der Waals surface area contributed by atoms with Crippen molar-refractivity contribution in [2.24, 2.45) is 0 Å². The summed E-state index contributed by atoms with van der Waals surface area (Å²) in [5.74, 6) is 0.867. The van der Waals surface area contributed by atoms with Gasteiger partial charge in [0, 0.05) is 0 Å². The average molecular weight is 310 g/mol. The normalized spacial score (nSPS) is 23.3. The minimum Gasteiger partial charge on any atom is -0.490 e. The van der Waals surface area contributed by atoms with Crippen molar-refractivity contribution >= 4 is 0 Å². The molecule has 0 radical (unpaired) electrons. The third-order valence-electron chi connectivity index (χ3n) is 4.43. The molecule has 0 aromatic heterocycles. The first-order valence-electron chi connectivity index (χ1n) is 8.24. The molecule has 5 nitrogen and oxygen atoms in total. The van der Waals surface area contributed by atoms with E-state index in [1.807, 2.05) is 26.0 Å². The first-order chi connectivity index (χ1) is 10.6. The lowest BCUT2D eigenvalue weighted by Gasteiger charge is -2.30. The molecule has 4 N–H and O–H groups in total. The Labute approximate surface area is 133 Å². The Bertz CT molecular complexity index is 459. The summed E-state index contributed by atoms with van der Waals surface area (Å²) in [6.07, 6.45) is -0.436. The lowest BCUT2D eigenvalue weighted by molar-refractivity contribution is -1.01. The second kappa shape index (κ2) is 8.48. The number of rotatable bonds is 7. The van der Waals surface area contributed by atoms with Crippen molar-refractivity contribution < 1.29 is 24.7 Å². The van der Waals surface area contributed by atoms with Gasteiger partial charge in [-0.05, 0) is 31.0 Å². The van der Waals surface area contributed by atoms with E-state index in [0.717, 1.165) is 50.6 Å². The highest BCUT2D eigenvalue weighted by Crippen LogP contribution is 2.19. The van der Waals surface area contributed by atoms with E-state index < -0.39 is 6.10 Å². The van der Waals surface area contributed by atoms with E-state index in [1.165, 1.54) is 15.4 Å². The minimum absolute atomic E-state index is 0.261. The molecule has 1 heterocycles. The third kappa shape index (κ3) is 5.25. The van der Waals surface area contributed by atoms with E-state index in [1.54, 1.807) is 0 Å². The van der Waals surface area contributed by atoms with Gasteiger partial charge in [0.15, 0.2) is 0 Å². The molecule has 124 valence electrons. The molecule has 0 bridgehead atoms. The maximum Gasteiger partial charge on any atom is 0.137 e. The molecule has 1 atom stereocenters. The van der Waals surface area contributed by atoms with Crippen LogP contribution < -0.4 is 14.5 Å². The van der Waals surface area contributed by atoms with Crippen LogP contribution in [0.25, 0.3) is 0 Å². The maximum absolute atomic E-state index is 10.2. The van der Waals surface area contributed by atoms with Crippen LogP contribution in [0.1, 0.15) is 11.1 Å². The molecule has 5 heteroatoms. The molecule has 1 fully saturated rings. The first kappa shape index (κ1) is 17.2. The molecular weight excluding hydrogens is 280 g/mol. The second-order valence-corrected chi connectivity index (χ2v) is 6.41. The van der Waals surface area contributed by atoms with Crippen molar-refractivity contribution in [3.63, 3.8) is 0 Å². The molecule has 0 amide bonds. The molecule has 1 aromatic carbocycles. The minimum atomic E-state index is -0.436. The second-order valence-electron chi connectivity index (χ2n) is 6.41. The van der Waals surface area contributed by atoms with Crippen LogP contribution in [0.15, 0.2) is 18.2 Å². The van der Waals surface area contributed by atoms with E-state index in [0.29, 0.717) is 6.61 Å². The molecule has 0 saturated carbocycles. The zero-order valence-corrected chi connectivity index (χ0v) is 13.8. The summed E-state index contributed by atoms with van der Waals surface area (Å²) in [6.45, 7) is 10.5. The highest BCUT2D eigenvalue weighted by Gasteiger charge is 2.24. The predicted octanol–water partition coefficient (Wildman–Crippen LogP) is -2.18. The summed E-state index contributed by atoms with van der Waals surface area (Å²) in [5, 5.41) is 19.2. The summed E-state index contributed by atoms with van der Waals surface area (Å²) >= 11 is 0. The summed E-state index contributed by atoms with van der Waals surface area (Å²) in [7, 11) is 0. The number of quaternary nitrogens is 2. The molecule has 1 aromatic rings. The lowest BCUT2D eigenvalue weighted by Crippen LogP contribution is -3.28. The topological polar surface area (TPSA) is 58.6 Å². The van der Waals surface area contributed by atoms with Crippen molar-refractivity contribution in [3.05, 3.63) is 29.3 Å². The number of piperazine rings is 1. The third-order valence-corrected chi connectivity index (χ3v) is 4.43. The quantitative estimate of drug-likeness (QED) is 0.463. The van der Waals surface area contributed by atoms with Crippen LogP contribution in [0, 0.1) is 13.8 Å². The van der Waals surface area contributed by atoms with Gasteiger partial charge in [0.2, 0.25) is 0 Å². The zero-order chi connectivity index (χ0) is 15.9. The largest absolute Gasteiger partial charge is 0.490 e. The van der Waals surface area contributed by atoms with Gasteiger partial charge in [-0.2, -0.15) is 0 Å². The van der Waals surface area contributed by atoms with Crippen molar-refractivity contribution in [1.29, 1.82) is 0 Å². The van der Waals surface area contributed by atoms with Crippen molar-refractivity contribution in [3.8, 4) is 5.75 Å². The fourth-order valence-corrected chi connectivity index (χ4v) is 3.01. The van der Waals surface area contributed by atoms with Gasteiger partial charge in [-0.3, -0.25) is 0 Å². The van der Waals surface area contributed by atoms with Gasteiger partial charge in [0.25, 0.3) is 0 Å². The summed E-state index contributed by atoms with van der Waals surface area (Å²) < 4.78 is 5.78. The summed E-state index contributed by atoms with van der Waals surface area (Å²) in [6, 6.07) is 6.13. The molecule has 0 spiro atoms. The number of hydrogen-bond acceptors (Lipinski definition) is 3. The summed E-state index contributed by atoms with van der Waals surface area (Å²) in [4.78, 5) is 2.89. The van der Waals surface area contributed by atoms with E-state index in [9.17, 15) is 5.11 Å². The van der Waals surface area contributed by atoms with Gasteiger partial charge < -0.3 is 24.7 Å². The number of aliphatic hydroxyl groups is 2. The summed E-state index contributed by atoms with van der Waals surface area (Å²) in [5.41, 5.74) is 2.27. The van der Waals surface area contributed by atoms with E-state index in [2.05, 4.69) is 6.07 Å². The van der Waals surface area contributed by atoms with E-state index in [4.69, 9.17) is 9.84 Å². The number of aryl methyl sites for hydroxylation is 2. The van der Waals surface area contributed by atoms with Gasteiger partial charge in [0.05, 0.1) is 6.61 Å². The maximum atomic E-state index is 10.2. The van der Waals surface area contributed by atoms with E-state index in [-0.39, 0.29) is 6.61 Å². The number of aliphatic hydroxyl groups excluding tert-OH is 2. The van der Waals surface area contributed by atoms with Crippen LogP contribution in [0.3, 0.4) is 0 Å². The van der Waals surface area contributed by atoms with Gasteiger partial charge in [-0.1, -0.05) is 12.1 Å². The van der Waals surface area contributed by atoms with Gasteiger partial charge in [0.1, 0.15) is 57.7 Å². The van der Waals surface area contributed by atoms with Crippen LogP contribution in [0.5, 0.6) is 5.75 Å². The van der Waals surface area contributed by atoms with Crippen molar-refractivity contribution in [2.45, 2.75) is 20.0 Å². The number of benzene rings is 1. The Hall–Kier alpha value is -1.14. The monoisotopic (exact) mass is 310 g/mol. The van der Waals surface area contributed by atoms with Crippen LogP contribution >= 0.6 is 0 Å². The van der Waals surface area contributed by atoms with Crippen molar-refractivity contribution in [1.82, 2.24) is 0 Å². The van der Waals surface area contributed by atoms with Gasteiger partial charge in [-0.25, -0.2) is 0 Å². The molecule has 0 unspecified atom stereocenters. The highest BCUT2D eigenvalue weighted by atomic mass is 16.5. The fraction of sp³-hybridized carbons (Fsp3) is 0.647. The van der Waals surface area contributed by atoms with Gasteiger partial charge >= 0.3 is 0 Å².